The first kappa shape index (κ1) is 14.9. The second-order valence-corrected chi connectivity index (χ2v) is 6.01. The van der Waals surface area contributed by atoms with Gasteiger partial charge in [-0.2, -0.15) is 8.42 Å². The standard InChI is InChI=1S/C10H12BFN2O5S/c12-20(18,19)6-7-3-10(15)14(5-7)9-2-1-8(4-13-9)11(16)17/h1-2,4,7,16-17H,3,5-6H2. The van der Waals surface area contributed by atoms with Crippen molar-refractivity contribution >= 4 is 34.5 Å². The van der Waals surface area contributed by atoms with Gasteiger partial charge in [0.05, 0.1) is 5.75 Å². The highest BCUT2D eigenvalue weighted by molar-refractivity contribution is 7.86. The smallest absolute Gasteiger partial charge is 0.423 e. The summed E-state index contributed by atoms with van der Waals surface area (Å²) in [5.74, 6) is -1.38. The normalized spacial score (nSPS) is 19.4. The van der Waals surface area contributed by atoms with Gasteiger partial charge in [0.15, 0.2) is 0 Å². The second kappa shape index (κ2) is 5.47. The summed E-state index contributed by atoms with van der Waals surface area (Å²) in [7, 11) is -6.28. The summed E-state index contributed by atoms with van der Waals surface area (Å²) in [6, 6.07) is 2.80. The molecule has 1 aliphatic heterocycles. The average Bonchev–Trinajstić information content (AvgIpc) is 2.67. The molecule has 0 aliphatic carbocycles. The van der Waals surface area contributed by atoms with Gasteiger partial charge >= 0.3 is 17.3 Å². The van der Waals surface area contributed by atoms with Crippen LogP contribution in [0, 0.1) is 5.92 Å². The average molecular weight is 302 g/mol. The Morgan fingerprint density at radius 3 is 2.65 bits per heavy atom. The van der Waals surface area contributed by atoms with Crippen LogP contribution >= 0.6 is 0 Å². The van der Waals surface area contributed by atoms with E-state index >= 15 is 0 Å². The zero-order valence-electron chi connectivity index (χ0n) is 10.3. The summed E-state index contributed by atoms with van der Waals surface area (Å²) in [6.45, 7) is 0.0655. The lowest BCUT2D eigenvalue weighted by atomic mass is 9.82. The number of amides is 1. The van der Waals surface area contributed by atoms with Gasteiger partial charge in [-0.25, -0.2) is 4.98 Å². The van der Waals surface area contributed by atoms with Gasteiger partial charge in [0.25, 0.3) is 0 Å². The quantitative estimate of drug-likeness (QED) is 0.513. The first-order valence-electron chi connectivity index (χ1n) is 5.81. The molecule has 7 nitrogen and oxygen atoms in total. The van der Waals surface area contributed by atoms with Gasteiger partial charge in [-0.15, -0.1) is 3.89 Å². The Labute approximate surface area is 115 Å². The number of nitrogens with zero attached hydrogens (tertiary/aromatic N) is 2. The predicted molar refractivity (Wildman–Crippen MR) is 69.4 cm³/mol. The Morgan fingerprint density at radius 1 is 1.45 bits per heavy atom. The van der Waals surface area contributed by atoms with Crippen LogP contribution in [0.25, 0.3) is 0 Å². The third-order valence-corrected chi connectivity index (χ3v) is 3.85. The minimum absolute atomic E-state index is 0.0603. The number of rotatable bonds is 4. The van der Waals surface area contributed by atoms with E-state index in [4.69, 9.17) is 10.0 Å². The number of anilines is 1. The Kier molecular flexibility index (Phi) is 4.07. The van der Waals surface area contributed by atoms with E-state index in [9.17, 15) is 17.1 Å². The van der Waals surface area contributed by atoms with Gasteiger partial charge in [0.2, 0.25) is 5.91 Å². The van der Waals surface area contributed by atoms with Crippen LogP contribution in [0.5, 0.6) is 0 Å². The maximum absolute atomic E-state index is 12.6. The maximum Gasteiger partial charge on any atom is 0.490 e. The van der Waals surface area contributed by atoms with Crippen molar-refractivity contribution in [3.8, 4) is 0 Å². The fraction of sp³-hybridized carbons (Fsp3) is 0.400. The number of hydrogen-bond donors (Lipinski definition) is 2. The molecule has 1 aromatic heterocycles. The summed E-state index contributed by atoms with van der Waals surface area (Å²) >= 11 is 0. The molecule has 1 aliphatic rings. The molecule has 2 N–H and O–H groups in total. The van der Waals surface area contributed by atoms with E-state index in [0.717, 1.165) is 0 Å². The van der Waals surface area contributed by atoms with Crippen molar-refractivity contribution in [2.24, 2.45) is 5.92 Å². The molecule has 20 heavy (non-hydrogen) atoms. The first-order chi connectivity index (χ1) is 9.26. The van der Waals surface area contributed by atoms with Crippen LogP contribution in [0.15, 0.2) is 18.3 Å². The first-order valence-corrected chi connectivity index (χ1v) is 7.36. The van der Waals surface area contributed by atoms with E-state index in [1.54, 1.807) is 0 Å². The van der Waals surface area contributed by atoms with Crippen molar-refractivity contribution in [1.82, 2.24) is 4.98 Å². The Morgan fingerprint density at radius 2 is 2.15 bits per heavy atom. The molecule has 1 amide bonds. The fourth-order valence-corrected chi connectivity index (χ4v) is 2.89. The second-order valence-electron chi connectivity index (χ2n) is 4.60. The number of carbonyl (C=O) groups is 1. The third-order valence-electron chi connectivity index (χ3n) is 2.99. The molecule has 1 aromatic rings. The van der Waals surface area contributed by atoms with Crippen molar-refractivity contribution in [3.63, 3.8) is 0 Å². The van der Waals surface area contributed by atoms with Gasteiger partial charge in [-0.1, -0.05) is 6.07 Å². The summed E-state index contributed by atoms with van der Waals surface area (Å²) in [5, 5.41) is 17.9. The third kappa shape index (κ3) is 3.53. The lowest BCUT2D eigenvalue weighted by Gasteiger charge is -2.15. The van der Waals surface area contributed by atoms with Crippen molar-refractivity contribution in [1.29, 1.82) is 0 Å². The van der Waals surface area contributed by atoms with Crippen LogP contribution in [0.3, 0.4) is 0 Å². The number of carbonyl (C=O) groups excluding carboxylic acids is 1. The summed E-state index contributed by atoms with van der Waals surface area (Å²) in [4.78, 5) is 16.9. The molecule has 1 unspecified atom stereocenters. The summed E-state index contributed by atoms with van der Waals surface area (Å²) in [6.07, 6.45) is 1.14. The molecule has 0 radical (unpaired) electrons. The van der Waals surface area contributed by atoms with Crippen LogP contribution in [0.4, 0.5) is 9.70 Å². The molecule has 2 heterocycles. The SMILES string of the molecule is O=C1CC(CS(=O)(=O)F)CN1c1ccc(B(O)O)cn1. The van der Waals surface area contributed by atoms with E-state index in [1.165, 1.54) is 23.2 Å². The Balaban J connectivity index is 2.11. The van der Waals surface area contributed by atoms with Crippen molar-refractivity contribution in [2.45, 2.75) is 6.42 Å². The minimum Gasteiger partial charge on any atom is -0.423 e. The molecular formula is C10H12BFN2O5S. The van der Waals surface area contributed by atoms with Crippen LogP contribution in [-0.4, -0.2) is 48.8 Å². The lowest BCUT2D eigenvalue weighted by Crippen LogP contribution is -2.32. The molecule has 1 atom stereocenters. The maximum atomic E-state index is 12.6. The highest BCUT2D eigenvalue weighted by Crippen LogP contribution is 2.24. The molecule has 0 spiro atoms. The van der Waals surface area contributed by atoms with Crippen molar-refractivity contribution in [3.05, 3.63) is 18.3 Å². The summed E-state index contributed by atoms with van der Waals surface area (Å²) < 4.78 is 33.8. The lowest BCUT2D eigenvalue weighted by molar-refractivity contribution is -0.117. The van der Waals surface area contributed by atoms with E-state index in [1.807, 2.05) is 0 Å². The van der Waals surface area contributed by atoms with Gasteiger partial charge in [0, 0.05) is 30.5 Å². The number of halogens is 1. The van der Waals surface area contributed by atoms with E-state index in [0.29, 0.717) is 0 Å². The van der Waals surface area contributed by atoms with Crippen LogP contribution < -0.4 is 10.4 Å². The molecule has 0 aromatic carbocycles. The number of hydrogen-bond acceptors (Lipinski definition) is 6. The monoisotopic (exact) mass is 302 g/mol. The van der Waals surface area contributed by atoms with E-state index < -0.39 is 29.0 Å². The van der Waals surface area contributed by atoms with Gasteiger partial charge in [0.1, 0.15) is 5.82 Å². The molecule has 1 saturated heterocycles. The van der Waals surface area contributed by atoms with E-state index in [-0.39, 0.29) is 30.2 Å². The summed E-state index contributed by atoms with van der Waals surface area (Å²) in [5.41, 5.74) is 0.170. The molecule has 0 saturated carbocycles. The highest BCUT2D eigenvalue weighted by Gasteiger charge is 2.34. The van der Waals surface area contributed by atoms with Gasteiger partial charge in [-0.05, 0) is 6.07 Å². The number of aromatic nitrogens is 1. The zero-order chi connectivity index (χ0) is 14.9. The molecular weight excluding hydrogens is 290 g/mol. The van der Waals surface area contributed by atoms with Crippen molar-refractivity contribution < 1.29 is 27.1 Å². The highest BCUT2D eigenvalue weighted by atomic mass is 32.3. The minimum atomic E-state index is -4.62. The van der Waals surface area contributed by atoms with Crippen molar-refractivity contribution in [2.75, 3.05) is 17.2 Å². The van der Waals surface area contributed by atoms with Crippen LogP contribution in [0.1, 0.15) is 6.42 Å². The van der Waals surface area contributed by atoms with Gasteiger partial charge in [-0.3, -0.25) is 9.69 Å². The van der Waals surface area contributed by atoms with Gasteiger partial charge < -0.3 is 10.0 Å². The number of pyridine rings is 1. The Hall–Kier alpha value is -1.52. The molecule has 0 bridgehead atoms. The van der Waals surface area contributed by atoms with Crippen LogP contribution in [-0.2, 0) is 15.0 Å². The molecule has 2 rings (SSSR count). The molecule has 108 valence electrons. The molecule has 10 heteroatoms. The van der Waals surface area contributed by atoms with Crippen LogP contribution in [0.2, 0.25) is 0 Å². The van der Waals surface area contributed by atoms with E-state index in [2.05, 4.69) is 4.98 Å². The predicted octanol–water partition coefficient (Wildman–Crippen LogP) is -1.59. The zero-order valence-corrected chi connectivity index (χ0v) is 11.1. The molecule has 1 fully saturated rings. The largest absolute Gasteiger partial charge is 0.490 e. The topological polar surface area (TPSA) is 108 Å². The Bertz CT molecular complexity index is 607. The fourth-order valence-electron chi connectivity index (χ4n) is 2.11.